The van der Waals surface area contributed by atoms with E-state index in [2.05, 4.69) is 91.0 Å². The SMILES string of the molecule is c1ccc(-c2ccc(-c3nc(-c4ccc(-c5ccccc5)cc4)nc(-c4cnc5c(c4)oc4cccc(-c6ccccc6)c45)n3)cc2)cc1. The molecule has 0 aliphatic heterocycles. The molecule has 0 saturated heterocycles. The van der Waals surface area contributed by atoms with Crippen molar-refractivity contribution in [2.24, 2.45) is 0 Å². The van der Waals surface area contributed by atoms with Crippen LogP contribution in [0.4, 0.5) is 0 Å². The molecule has 9 aromatic rings. The molecule has 5 nitrogen and oxygen atoms in total. The second kappa shape index (κ2) is 12.1. The Morgan fingerprint density at radius 2 is 0.796 bits per heavy atom. The van der Waals surface area contributed by atoms with Gasteiger partial charge < -0.3 is 4.42 Å². The summed E-state index contributed by atoms with van der Waals surface area (Å²) in [6.07, 6.45) is 1.83. The van der Waals surface area contributed by atoms with Gasteiger partial charge >= 0.3 is 0 Å². The smallest absolute Gasteiger partial charge is 0.165 e. The molecule has 3 aromatic heterocycles. The van der Waals surface area contributed by atoms with E-state index in [1.807, 2.05) is 79.0 Å². The van der Waals surface area contributed by atoms with Gasteiger partial charge in [-0.1, -0.05) is 152 Å². The molecule has 0 aliphatic carbocycles. The number of hydrogen-bond acceptors (Lipinski definition) is 5. The Labute approximate surface area is 283 Å². The zero-order valence-electron chi connectivity index (χ0n) is 26.4. The van der Waals surface area contributed by atoms with Gasteiger partial charge in [0.1, 0.15) is 11.1 Å². The number of furan rings is 1. The van der Waals surface area contributed by atoms with E-state index in [1.165, 1.54) is 0 Å². The lowest BCUT2D eigenvalue weighted by atomic mass is 10.0. The summed E-state index contributed by atoms with van der Waals surface area (Å²) in [4.78, 5) is 19.9. The molecular weight excluding hydrogens is 601 g/mol. The molecule has 0 bridgehead atoms. The lowest BCUT2D eigenvalue weighted by molar-refractivity contribution is 0.668. The van der Waals surface area contributed by atoms with Gasteiger partial charge in [-0.2, -0.15) is 0 Å². The summed E-state index contributed by atoms with van der Waals surface area (Å²) in [6, 6.07) is 55.8. The maximum Gasteiger partial charge on any atom is 0.165 e. The van der Waals surface area contributed by atoms with Crippen molar-refractivity contribution in [3.8, 4) is 67.5 Å². The normalized spacial score (nSPS) is 11.3. The molecule has 0 fully saturated rings. The Morgan fingerprint density at radius 1 is 0.347 bits per heavy atom. The van der Waals surface area contributed by atoms with Crippen LogP contribution in [0.5, 0.6) is 0 Å². The molecule has 6 aromatic carbocycles. The Hall–Kier alpha value is -6.72. The van der Waals surface area contributed by atoms with Gasteiger partial charge in [-0.25, -0.2) is 15.0 Å². The lowest BCUT2D eigenvalue weighted by Gasteiger charge is -2.10. The van der Waals surface area contributed by atoms with Crippen LogP contribution < -0.4 is 0 Å². The highest BCUT2D eigenvalue weighted by Gasteiger charge is 2.17. The van der Waals surface area contributed by atoms with E-state index in [9.17, 15) is 0 Å². The lowest BCUT2D eigenvalue weighted by Crippen LogP contribution is -2.00. The summed E-state index contributed by atoms with van der Waals surface area (Å²) < 4.78 is 6.38. The third-order valence-electron chi connectivity index (χ3n) is 8.81. The Morgan fingerprint density at radius 3 is 1.33 bits per heavy atom. The first-order chi connectivity index (χ1) is 24.3. The van der Waals surface area contributed by atoms with Crippen molar-refractivity contribution in [2.45, 2.75) is 0 Å². The molecule has 0 aliphatic rings. The van der Waals surface area contributed by atoms with Crippen molar-refractivity contribution >= 4 is 22.1 Å². The molecule has 0 atom stereocenters. The minimum Gasteiger partial charge on any atom is -0.454 e. The van der Waals surface area contributed by atoms with Gasteiger partial charge in [0.15, 0.2) is 23.1 Å². The van der Waals surface area contributed by atoms with E-state index in [0.717, 1.165) is 66.6 Å². The number of rotatable bonds is 6. The van der Waals surface area contributed by atoms with Gasteiger partial charge in [-0.15, -0.1) is 0 Å². The van der Waals surface area contributed by atoms with Crippen molar-refractivity contribution in [3.05, 3.63) is 170 Å². The standard InChI is InChI=1S/C44H28N4O/c1-4-11-29(12-5-1)31-19-23-34(24-20-31)42-46-43(35-25-21-32(22-26-35)30-13-6-2-7-14-30)48-44(47-42)36-27-39-41(45-28-36)40-37(17-10-18-38(40)49-39)33-15-8-3-9-16-33/h1-28H. The van der Waals surface area contributed by atoms with Crippen LogP contribution in [0.25, 0.3) is 89.6 Å². The zero-order chi connectivity index (χ0) is 32.6. The highest BCUT2D eigenvalue weighted by Crippen LogP contribution is 2.37. The summed E-state index contributed by atoms with van der Waals surface area (Å²) in [5.41, 5.74) is 11.6. The predicted molar refractivity (Wildman–Crippen MR) is 198 cm³/mol. The molecule has 3 heterocycles. The van der Waals surface area contributed by atoms with Crippen LogP contribution in [0, 0.1) is 0 Å². The highest BCUT2D eigenvalue weighted by atomic mass is 16.3. The van der Waals surface area contributed by atoms with Crippen molar-refractivity contribution in [2.75, 3.05) is 0 Å². The van der Waals surface area contributed by atoms with Crippen LogP contribution in [0.2, 0.25) is 0 Å². The van der Waals surface area contributed by atoms with Gasteiger partial charge in [-0.05, 0) is 45.5 Å². The van der Waals surface area contributed by atoms with Crippen LogP contribution in [0.3, 0.4) is 0 Å². The molecule has 0 saturated carbocycles. The molecule has 0 unspecified atom stereocenters. The van der Waals surface area contributed by atoms with E-state index in [1.54, 1.807) is 0 Å². The second-order valence-electron chi connectivity index (χ2n) is 11.9. The monoisotopic (exact) mass is 628 g/mol. The number of fused-ring (bicyclic) bond motifs is 3. The first-order valence-corrected chi connectivity index (χ1v) is 16.2. The van der Waals surface area contributed by atoms with Gasteiger partial charge in [0.25, 0.3) is 0 Å². The molecule has 230 valence electrons. The Kier molecular flexibility index (Phi) is 7.06. The molecule has 0 N–H and O–H groups in total. The van der Waals surface area contributed by atoms with Crippen LogP contribution in [0.1, 0.15) is 0 Å². The molecule has 0 spiro atoms. The average Bonchev–Trinajstić information content (AvgIpc) is 3.57. The van der Waals surface area contributed by atoms with E-state index in [-0.39, 0.29) is 0 Å². The maximum atomic E-state index is 6.38. The summed E-state index contributed by atoms with van der Waals surface area (Å²) in [7, 11) is 0. The third kappa shape index (κ3) is 5.43. The van der Waals surface area contributed by atoms with Crippen molar-refractivity contribution in [1.29, 1.82) is 0 Å². The van der Waals surface area contributed by atoms with Crippen molar-refractivity contribution in [3.63, 3.8) is 0 Å². The number of benzene rings is 6. The van der Waals surface area contributed by atoms with E-state index in [0.29, 0.717) is 23.1 Å². The van der Waals surface area contributed by atoms with Crippen LogP contribution in [-0.2, 0) is 0 Å². The summed E-state index contributed by atoms with van der Waals surface area (Å²) in [5.74, 6) is 1.70. The molecule has 49 heavy (non-hydrogen) atoms. The summed E-state index contributed by atoms with van der Waals surface area (Å²) in [6.45, 7) is 0. The highest BCUT2D eigenvalue weighted by molar-refractivity contribution is 6.11. The van der Waals surface area contributed by atoms with E-state index < -0.39 is 0 Å². The zero-order valence-corrected chi connectivity index (χ0v) is 26.4. The fourth-order valence-electron chi connectivity index (χ4n) is 6.32. The predicted octanol–water partition coefficient (Wildman–Crippen LogP) is 11.2. The minimum absolute atomic E-state index is 0.525. The summed E-state index contributed by atoms with van der Waals surface area (Å²) >= 11 is 0. The van der Waals surface area contributed by atoms with Crippen LogP contribution >= 0.6 is 0 Å². The number of nitrogens with zero attached hydrogens (tertiary/aromatic N) is 4. The second-order valence-corrected chi connectivity index (χ2v) is 11.9. The number of hydrogen-bond donors (Lipinski definition) is 0. The van der Waals surface area contributed by atoms with Crippen molar-refractivity contribution < 1.29 is 4.42 Å². The molecule has 9 rings (SSSR count). The fourth-order valence-corrected chi connectivity index (χ4v) is 6.32. The van der Waals surface area contributed by atoms with Crippen LogP contribution in [0.15, 0.2) is 174 Å². The van der Waals surface area contributed by atoms with Gasteiger partial charge in [-0.3, -0.25) is 4.98 Å². The first-order valence-electron chi connectivity index (χ1n) is 16.2. The Bertz CT molecular complexity index is 2460. The van der Waals surface area contributed by atoms with Gasteiger partial charge in [0, 0.05) is 22.9 Å². The van der Waals surface area contributed by atoms with Gasteiger partial charge in [0.05, 0.1) is 5.39 Å². The third-order valence-corrected chi connectivity index (χ3v) is 8.81. The number of aromatic nitrogens is 4. The van der Waals surface area contributed by atoms with Crippen molar-refractivity contribution in [1.82, 2.24) is 19.9 Å². The molecular formula is C44H28N4O. The van der Waals surface area contributed by atoms with E-state index in [4.69, 9.17) is 24.4 Å². The largest absolute Gasteiger partial charge is 0.454 e. The van der Waals surface area contributed by atoms with Crippen LogP contribution in [-0.4, -0.2) is 19.9 Å². The first kappa shape index (κ1) is 28.5. The fraction of sp³-hybridized carbons (Fsp3) is 0. The molecule has 0 radical (unpaired) electrons. The quantitative estimate of drug-likeness (QED) is 0.183. The Balaban J connectivity index is 1.16. The van der Waals surface area contributed by atoms with Gasteiger partial charge in [0.2, 0.25) is 0 Å². The maximum absolute atomic E-state index is 6.38. The topological polar surface area (TPSA) is 64.7 Å². The number of pyridine rings is 1. The average molecular weight is 629 g/mol. The minimum atomic E-state index is 0.525. The molecule has 5 heteroatoms. The molecule has 0 amide bonds. The van der Waals surface area contributed by atoms with E-state index >= 15 is 0 Å². The summed E-state index contributed by atoms with van der Waals surface area (Å²) in [5, 5.41) is 0.990.